The molecule has 25 heavy (non-hydrogen) atoms. The van der Waals surface area contributed by atoms with E-state index in [1.807, 2.05) is 6.07 Å². The standard InChI is InChI=1S/C18H22BrN3O3/c19-15-3-1-2-14(10-15)18(4-7-24-8-5-18)13-21-16-11-20-12-17(22-16)25-9-6-23/h1-3,10-12,23H,4-9,13H2,(H,21,22). The number of nitrogens with zero attached hydrogens (tertiary/aromatic N) is 2. The van der Waals surface area contributed by atoms with Crippen LogP contribution < -0.4 is 10.1 Å². The molecule has 1 fully saturated rings. The fourth-order valence-electron chi connectivity index (χ4n) is 3.06. The van der Waals surface area contributed by atoms with Crippen molar-refractivity contribution in [2.75, 3.05) is 38.3 Å². The second-order valence-corrected chi connectivity index (χ2v) is 6.99. The Hall–Kier alpha value is -1.70. The fraction of sp³-hybridized carbons (Fsp3) is 0.444. The molecule has 0 aliphatic carbocycles. The van der Waals surface area contributed by atoms with Crippen LogP contribution in [0.1, 0.15) is 18.4 Å². The summed E-state index contributed by atoms with van der Waals surface area (Å²) in [5.74, 6) is 1.07. The molecule has 2 N–H and O–H groups in total. The van der Waals surface area contributed by atoms with Crippen LogP contribution in [0.4, 0.5) is 5.82 Å². The number of anilines is 1. The Balaban J connectivity index is 1.75. The van der Waals surface area contributed by atoms with Gasteiger partial charge in [-0.1, -0.05) is 28.1 Å². The molecule has 1 aliphatic rings. The lowest BCUT2D eigenvalue weighted by molar-refractivity contribution is 0.0543. The number of nitrogens with one attached hydrogen (secondary N) is 1. The second kappa shape index (κ2) is 8.60. The number of aliphatic hydroxyl groups is 1. The van der Waals surface area contributed by atoms with E-state index in [1.54, 1.807) is 12.4 Å². The van der Waals surface area contributed by atoms with Crippen molar-refractivity contribution in [1.29, 1.82) is 0 Å². The summed E-state index contributed by atoms with van der Waals surface area (Å²) in [6.07, 6.45) is 5.12. The first kappa shape index (κ1) is 18.1. The molecule has 0 radical (unpaired) electrons. The van der Waals surface area contributed by atoms with E-state index in [0.717, 1.165) is 37.1 Å². The van der Waals surface area contributed by atoms with E-state index in [0.29, 0.717) is 11.7 Å². The summed E-state index contributed by atoms with van der Waals surface area (Å²) in [5.41, 5.74) is 1.28. The second-order valence-electron chi connectivity index (χ2n) is 6.07. The predicted octanol–water partition coefficient (Wildman–Crippen LogP) is 2.77. The molecule has 2 aromatic rings. The van der Waals surface area contributed by atoms with E-state index >= 15 is 0 Å². The maximum absolute atomic E-state index is 8.85. The third-order valence-electron chi connectivity index (χ3n) is 4.45. The topological polar surface area (TPSA) is 76.5 Å². The van der Waals surface area contributed by atoms with E-state index in [1.165, 1.54) is 5.56 Å². The zero-order valence-corrected chi connectivity index (χ0v) is 15.5. The molecule has 0 unspecified atom stereocenters. The summed E-state index contributed by atoms with van der Waals surface area (Å²) < 4.78 is 12.0. The third kappa shape index (κ3) is 4.68. The Labute approximate surface area is 155 Å². The Morgan fingerprint density at radius 3 is 2.88 bits per heavy atom. The molecule has 0 spiro atoms. The normalized spacial score (nSPS) is 16.4. The SMILES string of the molecule is OCCOc1cncc(NCC2(c3cccc(Br)c3)CCOCC2)n1. The van der Waals surface area contributed by atoms with Gasteiger partial charge in [-0.2, -0.15) is 4.98 Å². The van der Waals surface area contributed by atoms with Crippen molar-refractivity contribution in [3.63, 3.8) is 0 Å². The van der Waals surface area contributed by atoms with Crippen molar-refractivity contribution in [2.45, 2.75) is 18.3 Å². The van der Waals surface area contributed by atoms with Gasteiger partial charge in [0.25, 0.3) is 0 Å². The Morgan fingerprint density at radius 1 is 1.28 bits per heavy atom. The minimum Gasteiger partial charge on any atom is -0.474 e. The highest BCUT2D eigenvalue weighted by molar-refractivity contribution is 9.10. The van der Waals surface area contributed by atoms with Gasteiger partial charge in [0.15, 0.2) is 0 Å². The average molecular weight is 408 g/mol. The zero-order chi connectivity index (χ0) is 17.5. The molecule has 0 amide bonds. The molecular formula is C18H22BrN3O3. The number of hydrogen-bond donors (Lipinski definition) is 2. The fourth-order valence-corrected chi connectivity index (χ4v) is 3.46. The third-order valence-corrected chi connectivity index (χ3v) is 4.94. The first-order valence-corrected chi connectivity index (χ1v) is 9.14. The first-order valence-electron chi connectivity index (χ1n) is 8.35. The minimum atomic E-state index is -0.0503. The maximum atomic E-state index is 8.85. The van der Waals surface area contributed by atoms with Gasteiger partial charge in [0.05, 0.1) is 19.0 Å². The predicted molar refractivity (Wildman–Crippen MR) is 99.0 cm³/mol. The summed E-state index contributed by atoms with van der Waals surface area (Å²) in [5, 5.41) is 12.3. The number of benzene rings is 1. The minimum absolute atomic E-state index is 0.00826. The van der Waals surface area contributed by atoms with Crippen LogP contribution >= 0.6 is 15.9 Å². The van der Waals surface area contributed by atoms with Gasteiger partial charge < -0.3 is 19.9 Å². The molecule has 134 valence electrons. The number of aliphatic hydroxyl groups excluding tert-OH is 1. The van der Waals surface area contributed by atoms with Gasteiger partial charge in [-0.15, -0.1) is 0 Å². The van der Waals surface area contributed by atoms with E-state index < -0.39 is 0 Å². The summed E-state index contributed by atoms with van der Waals surface area (Å²) in [6, 6.07) is 8.46. The lowest BCUT2D eigenvalue weighted by Gasteiger charge is -2.38. The molecule has 0 bridgehead atoms. The van der Waals surface area contributed by atoms with Crippen molar-refractivity contribution in [1.82, 2.24) is 9.97 Å². The molecule has 0 atom stereocenters. The summed E-state index contributed by atoms with van der Waals surface area (Å²) in [7, 11) is 0. The van der Waals surface area contributed by atoms with Crippen LogP contribution in [0, 0.1) is 0 Å². The molecular weight excluding hydrogens is 386 g/mol. The lowest BCUT2D eigenvalue weighted by Crippen LogP contribution is -2.40. The highest BCUT2D eigenvalue weighted by Gasteiger charge is 2.34. The van der Waals surface area contributed by atoms with Crippen LogP contribution in [0.25, 0.3) is 0 Å². The highest BCUT2D eigenvalue weighted by Crippen LogP contribution is 2.36. The molecule has 1 aromatic heterocycles. The Morgan fingerprint density at radius 2 is 2.12 bits per heavy atom. The smallest absolute Gasteiger partial charge is 0.234 e. The van der Waals surface area contributed by atoms with E-state index in [-0.39, 0.29) is 18.6 Å². The molecule has 0 saturated carbocycles. The molecule has 7 heteroatoms. The summed E-state index contributed by atoms with van der Waals surface area (Å²) in [6.45, 7) is 2.40. The maximum Gasteiger partial charge on any atom is 0.234 e. The quantitative estimate of drug-likeness (QED) is 0.734. The zero-order valence-electron chi connectivity index (χ0n) is 13.9. The van der Waals surface area contributed by atoms with Gasteiger partial charge in [0, 0.05) is 29.6 Å². The molecule has 1 aliphatic heterocycles. The number of ether oxygens (including phenoxy) is 2. The van der Waals surface area contributed by atoms with Crippen LogP contribution in [-0.4, -0.2) is 48.0 Å². The van der Waals surface area contributed by atoms with Gasteiger partial charge in [-0.25, -0.2) is 0 Å². The molecule has 3 rings (SSSR count). The first-order chi connectivity index (χ1) is 12.2. The van der Waals surface area contributed by atoms with Gasteiger partial charge in [0.2, 0.25) is 5.88 Å². The summed E-state index contributed by atoms with van der Waals surface area (Å²) >= 11 is 3.57. The number of rotatable bonds is 7. The molecule has 6 nitrogen and oxygen atoms in total. The van der Waals surface area contributed by atoms with Gasteiger partial charge >= 0.3 is 0 Å². The van der Waals surface area contributed by atoms with E-state index in [4.69, 9.17) is 14.6 Å². The molecule has 1 saturated heterocycles. The van der Waals surface area contributed by atoms with Crippen molar-refractivity contribution in [2.24, 2.45) is 0 Å². The van der Waals surface area contributed by atoms with Crippen LogP contribution in [0.5, 0.6) is 5.88 Å². The van der Waals surface area contributed by atoms with Crippen LogP contribution in [0.3, 0.4) is 0 Å². The Bertz CT molecular complexity index is 693. The number of hydrogen-bond acceptors (Lipinski definition) is 6. The van der Waals surface area contributed by atoms with E-state index in [2.05, 4.69) is 49.4 Å². The Kier molecular flexibility index (Phi) is 6.23. The average Bonchev–Trinajstić information content (AvgIpc) is 2.66. The van der Waals surface area contributed by atoms with Crippen LogP contribution in [0.15, 0.2) is 41.1 Å². The van der Waals surface area contributed by atoms with Gasteiger partial charge in [-0.05, 0) is 30.5 Å². The van der Waals surface area contributed by atoms with Gasteiger partial charge in [-0.3, -0.25) is 4.98 Å². The number of aromatic nitrogens is 2. The van der Waals surface area contributed by atoms with Gasteiger partial charge in [0.1, 0.15) is 12.4 Å². The lowest BCUT2D eigenvalue weighted by atomic mass is 9.74. The summed E-state index contributed by atoms with van der Waals surface area (Å²) in [4.78, 5) is 8.54. The van der Waals surface area contributed by atoms with Crippen molar-refractivity contribution < 1.29 is 14.6 Å². The molecule has 2 heterocycles. The van der Waals surface area contributed by atoms with Crippen LogP contribution in [0.2, 0.25) is 0 Å². The molecule has 1 aromatic carbocycles. The van der Waals surface area contributed by atoms with Crippen molar-refractivity contribution >= 4 is 21.7 Å². The monoisotopic (exact) mass is 407 g/mol. The highest BCUT2D eigenvalue weighted by atomic mass is 79.9. The van der Waals surface area contributed by atoms with Crippen molar-refractivity contribution in [3.05, 3.63) is 46.7 Å². The number of halogens is 1. The van der Waals surface area contributed by atoms with E-state index in [9.17, 15) is 0 Å². The van der Waals surface area contributed by atoms with Crippen molar-refractivity contribution in [3.8, 4) is 5.88 Å². The largest absolute Gasteiger partial charge is 0.474 e. The van der Waals surface area contributed by atoms with Crippen LogP contribution in [-0.2, 0) is 10.2 Å².